The zero-order valence-electron chi connectivity index (χ0n) is 10.1. The Hall–Kier alpha value is 0.140. The van der Waals surface area contributed by atoms with Crippen molar-refractivity contribution in [2.24, 2.45) is 11.3 Å². The van der Waals surface area contributed by atoms with Gasteiger partial charge in [-0.15, -0.1) is 11.3 Å². The Morgan fingerprint density at radius 1 is 1.50 bits per heavy atom. The van der Waals surface area contributed by atoms with Crippen molar-refractivity contribution in [1.82, 2.24) is 5.32 Å². The fourth-order valence-electron chi connectivity index (χ4n) is 2.39. The predicted octanol–water partition coefficient (Wildman–Crippen LogP) is 4.08. The van der Waals surface area contributed by atoms with Gasteiger partial charge in [-0.05, 0) is 65.2 Å². The van der Waals surface area contributed by atoms with Gasteiger partial charge in [0.2, 0.25) is 0 Å². The fraction of sp³-hybridized carbons (Fsp3) is 0.692. The molecular formula is C13H20BrNS. The van der Waals surface area contributed by atoms with Crippen LogP contribution in [0.5, 0.6) is 0 Å². The second-order valence-electron chi connectivity index (χ2n) is 5.09. The second kappa shape index (κ2) is 5.19. The summed E-state index contributed by atoms with van der Waals surface area (Å²) in [5, 5.41) is 3.53. The molecule has 1 unspecified atom stereocenters. The van der Waals surface area contributed by atoms with Crippen LogP contribution in [0.25, 0.3) is 0 Å². The highest BCUT2D eigenvalue weighted by atomic mass is 79.9. The molecule has 1 aromatic rings. The monoisotopic (exact) mass is 301 g/mol. The smallest absolute Gasteiger partial charge is 0.0701 e. The molecule has 0 aromatic carbocycles. The summed E-state index contributed by atoms with van der Waals surface area (Å²) in [6.07, 6.45) is 4.07. The number of thiophene rings is 1. The summed E-state index contributed by atoms with van der Waals surface area (Å²) in [5.74, 6) is 0.937. The van der Waals surface area contributed by atoms with E-state index in [0.717, 1.165) is 19.0 Å². The van der Waals surface area contributed by atoms with Gasteiger partial charge in [0, 0.05) is 11.4 Å². The van der Waals surface area contributed by atoms with Gasteiger partial charge in [0.15, 0.2) is 0 Å². The van der Waals surface area contributed by atoms with E-state index in [9.17, 15) is 0 Å². The first-order valence-corrected chi connectivity index (χ1v) is 7.70. The Kier molecular flexibility index (Phi) is 4.09. The van der Waals surface area contributed by atoms with Crippen LogP contribution in [0.4, 0.5) is 0 Å². The molecule has 90 valence electrons. The van der Waals surface area contributed by atoms with E-state index in [1.165, 1.54) is 27.9 Å². The number of hydrogen-bond donors (Lipinski definition) is 1. The molecule has 2 rings (SSSR count). The van der Waals surface area contributed by atoms with Crippen molar-refractivity contribution in [2.45, 2.75) is 33.1 Å². The van der Waals surface area contributed by atoms with Gasteiger partial charge in [-0.2, -0.15) is 0 Å². The van der Waals surface area contributed by atoms with Gasteiger partial charge < -0.3 is 5.32 Å². The van der Waals surface area contributed by atoms with Gasteiger partial charge in [-0.25, -0.2) is 0 Å². The van der Waals surface area contributed by atoms with Crippen molar-refractivity contribution in [3.63, 3.8) is 0 Å². The molecule has 1 aliphatic carbocycles. The first kappa shape index (κ1) is 12.6. The molecule has 1 aromatic heterocycles. The molecule has 1 fully saturated rings. The van der Waals surface area contributed by atoms with Gasteiger partial charge in [-0.3, -0.25) is 0 Å². The van der Waals surface area contributed by atoms with E-state index in [1.54, 1.807) is 0 Å². The quantitative estimate of drug-likeness (QED) is 0.835. The molecule has 3 heteroatoms. The van der Waals surface area contributed by atoms with Crippen LogP contribution < -0.4 is 5.32 Å². The lowest BCUT2D eigenvalue weighted by Gasteiger charge is -2.29. The minimum Gasteiger partial charge on any atom is -0.316 e. The summed E-state index contributed by atoms with van der Waals surface area (Å²) < 4.78 is 1.25. The van der Waals surface area contributed by atoms with E-state index >= 15 is 0 Å². The third kappa shape index (κ3) is 3.08. The van der Waals surface area contributed by atoms with Crippen LogP contribution in [-0.4, -0.2) is 13.1 Å². The number of rotatable bonds is 6. The molecule has 0 bridgehead atoms. The maximum Gasteiger partial charge on any atom is 0.0701 e. The average Bonchev–Trinajstić information content (AvgIpc) is 3.02. The highest BCUT2D eigenvalue weighted by Gasteiger charge is 2.41. The minimum atomic E-state index is 0.459. The molecule has 0 amide bonds. The predicted molar refractivity (Wildman–Crippen MR) is 75.1 cm³/mol. The first-order chi connectivity index (χ1) is 7.64. The largest absolute Gasteiger partial charge is 0.316 e. The van der Waals surface area contributed by atoms with Crippen molar-refractivity contribution in [1.29, 1.82) is 0 Å². The lowest BCUT2D eigenvalue weighted by Crippen LogP contribution is -2.35. The molecule has 1 nitrogen and oxygen atoms in total. The van der Waals surface area contributed by atoms with E-state index in [0.29, 0.717) is 5.41 Å². The average molecular weight is 302 g/mol. The highest BCUT2D eigenvalue weighted by molar-refractivity contribution is 9.11. The number of hydrogen-bond acceptors (Lipinski definition) is 2. The van der Waals surface area contributed by atoms with Crippen LogP contribution in [0, 0.1) is 11.3 Å². The molecular weight excluding hydrogens is 282 g/mol. The maximum absolute atomic E-state index is 3.55. The molecule has 1 N–H and O–H groups in total. The minimum absolute atomic E-state index is 0.459. The summed E-state index contributed by atoms with van der Waals surface area (Å²) in [6.45, 7) is 6.87. The van der Waals surface area contributed by atoms with E-state index < -0.39 is 0 Å². The lowest BCUT2D eigenvalue weighted by atomic mass is 9.81. The molecule has 0 saturated heterocycles. The SMILES string of the molecule is CCNCC(C)(Cc1ccc(Br)s1)C1CC1. The Morgan fingerprint density at radius 3 is 2.75 bits per heavy atom. The molecule has 1 heterocycles. The third-order valence-corrected chi connectivity index (χ3v) is 5.17. The fourth-order valence-corrected chi connectivity index (χ4v) is 4.07. The normalized spacial score (nSPS) is 19.7. The summed E-state index contributed by atoms with van der Waals surface area (Å²) in [4.78, 5) is 1.51. The Bertz CT molecular complexity index is 345. The zero-order chi connectivity index (χ0) is 11.6. The number of nitrogens with one attached hydrogen (secondary N) is 1. The van der Waals surface area contributed by atoms with Crippen LogP contribution in [0.3, 0.4) is 0 Å². The van der Waals surface area contributed by atoms with Crippen LogP contribution in [0.15, 0.2) is 15.9 Å². The van der Waals surface area contributed by atoms with Crippen molar-refractivity contribution in [3.05, 3.63) is 20.8 Å². The van der Waals surface area contributed by atoms with Crippen molar-refractivity contribution < 1.29 is 0 Å². The van der Waals surface area contributed by atoms with E-state index in [-0.39, 0.29) is 0 Å². The van der Waals surface area contributed by atoms with Crippen molar-refractivity contribution in [3.8, 4) is 0 Å². The zero-order valence-corrected chi connectivity index (χ0v) is 12.5. The topological polar surface area (TPSA) is 12.0 Å². The van der Waals surface area contributed by atoms with Crippen LogP contribution in [0.1, 0.15) is 31.6 Å². The van der Waals surface area contributed by atoms with Gasteiger partial charge in [0.05, 0.1) is 3.79 Å². The Balaban J connectivity index is 2.01. The van der Waals surface area contributed by atoms with Gasteiger partial charge in [-0.1, -0.05) is 13.8 Å². The van der Waals surface area contributed by atoms with Crippen LogP contribution in [0.2, 0.25) is 0 Å². The standard InChI is InChI=1S/C13H20BrNS/c1-3-15-9-13(2,10-4-5-10)8-11-6-7-12(14)16-11/h6-7,10,15H,3-5,8-9H2,1-2H3. The second-order valence-corrected chi connectivity index (χ2v) is 7.64. The maximum atomic E-state index is 3.55. The molecule has 1 saturated carbocycles. The molecule has 16 heavy (non-hydrogen) atoms. The van der Waals surface area contributed by atoms with E-state index in [1.807, 2.05) is 11.3 Å². The molecule has 1 atom stereocenters. The van der Waals surface area contributed by atoms with Gasteiger partial charge >= 0.3 is 0 Å². The Labute approximate surface area is 111 Å². The Morgan fingerprint density at radius 2 is 2.25 bits per heavy atom. The highest BCUT2D eigenvalue weighted by Crippen LogP contribution is 2.47. The van der Waals surface area contributed by atoms with Gasteiger partial charge in [0.25, 0.3) is 0 Å². The molecule has 0 aliphatic heterocycles. The van der Waals surface area contributed by atoms with E-state index in [2.05, 4.69) is 47.2 Å². The molecule has 1 aliphatic rings. The van der Waals surface area contributed by atoms with Gasteiger partial charge in [0.1, 0.15) is 0 Å². The van der Waals surface area contributed by atoms with Crippen molar-refractivity contribution in [2.75, 3.05) is 13.1 Å². The molecule has 0 radical (unpaired) electrons. The van der Waals surface area contributed by atoms with Crippen LogP contribution in [-0.2, 0) is 6.42 Å². The summed E-state index contributed by atoms with van der Waals surface area (Å²) >= 11 is 5.43. The number of halogens is 1. The summed E-state index contributed by atoms with van der Waals surface area (Å²) in [5.41, 5.74) is 0.459. The van der Waals surface area contributed by atoms with Crippen molar-refractivity contribution >= 4 is 27.3 Å². The molecule has 0 spiro atoms. The summed E-state index contributed by atoms with van der Waals surface area (Å²) in [6, 6.07) is 4.43. The first-order valence-electron chi connectivity index (χ1n) is 6.09. The lowest BCUT2D eigenvalue weighted by molar-refractivity contribution is 0.260. The van der Waals surface area contributed by atoms with E-state index in [4.69, 9.17) is 0 Å². The third-order valence-electron chi connectivity index (χ3n) is 3.55. The van der Waals surface area contributed by atoms with Crippen LogP contribution >= 0.6 is 27.3 Å². The summed E-state index contributed by atoms with van der Waals surface area (Å²) in [7, 11) is 0.